The van der Waals surface area contributed by atoms with Gasteiger partial charge in [0.1, 0.15) is 0 Å². The summed E-state index contributed by atoms with van der Waals surface area (Å²) >= 11 is 0. The van der Waals surface area contributed by atoms with Gasteiger partial charge in [0.15, 0.2) is 5.82 Å². The number of ether oxygens (including phenoxy) is 1. The number of hydrogen-bond donors (Lipinski definition) is 1. The van der Waals surface area contributed by atoms with Crippen molar-refractivity contribution in [2.24, 2.45) is 11.7 Å². The Hall–Kier alpha value is -0.940. The van der Waals surface area contributed by atoms with Crippen LogP contribution in [0.3, 0.4) is 0 Å². The molecule has 1 fully saturated rings. The molecule has 1 aliphatic heterocycles. The molecule has 1 saturated heterocycles. The maximum atomic E-state index is 6.07. The summed E-state index contributed by atoms with van der Waals surface area (Å²) < 4.78 is 10.9. The average molecular weight is 253 g/mol. The van der Waals surface area contributed by atoms with Crippen LogP contribution in [0.1, 0.15) is 57.3 Å². The molecule has 5 heteroatoms. The van der Waals surface area contributed by atoms with Crippen LogP contribution in [0.2, 0.25) is 0 Å². The van der Waals surface area contributed by atoms with Crippen molar-refractivity contribution in [3.05, 3.63) is 11.7 Å². The van der Waals surface area contributed by atoms with E-state index in [9.17, 15) is 0 Å². The van der Waals surface area contributed by atoms with Gasteiger partial charge in [-0.1, -0.05) is 25.4 Å². The first-order valence-electron chi connectivity index (χ1n) is 6.90. The Kier molecular flexibility index (Phi) is 4.72. The van der Waals surface area contributed by atoms with Crippen LogP contribution in [0.4, 0.5) is 0 Å². The van der Waals surface area contributed by atoms with Gasteiger partial charge < -0.3 is 15.0 Å². The molecule has 3 atom stereocenters. The van der Waals surface area contributed by atoms with E-state index in [0.717, 1.165) is 38.1 Å². The summed E-state index contributed by atoms with van der Waals surface area (Å²) in [5.74, 6) is 1.62. The lowest BCUT2D eigenvalue weighted by Gasteiger charge is -2.20. The van der Waals surface area contributed by atoms with Crippen LogP contribution in [0.15, 0.2) is 4.52 Å². The van der Waals surface area contributed by atoms with Gasteiger partial charge in [0, 0.05) is 13.0 Å². The van der Waals surface area contributed by atoms with Gasteiger partial charge in [-0.25, -0.2) is 0 Å². The van der Waals surface area contributed by atoms with E-state index in [1.807, 2.05) is 0 Å². The molecule has 5 nitrogen and oxygen atoms in total. The topological polar surface area (TPSA) is 74.2 Å². The van der Waals surface area contributed by atoms with Crippen molar-refractivity contribution >= 4 is 0 Å². The van der Waals surface area contributed by atoms with E-state index in [2.05, 4.69) is 24.0 Å². The van der Waals surface area contributed by atoms with E-state index in [1.54, 1.807) is 0 Å². The summed E-state index contributed by atoms with van der Waals surface area (Å²) in [5, 5.41) is 4.00. The molecule has 2 heterocycles. The Labute approximate surface area is 108 Å². The zero-order valence-electron chi connectivity index (χ0n) is 11.3. The quantitative estimate of drug-likeness (QED) is 0.871. The Balaban J connectivity index is 1.92. The lowest BCUT2D eigenvalue weighted by Crippen LogP contribution is -2.22. The summed E-state index contributed by atoms with van der Waals surface area (Å²) in [7, 11) is 0. The lowest BCUT2D eigenvalue weighted by molar-refractivity contribution is 0.0153. The van der Waals surface area contributed by atoms with Crippen LogP contribution in [0.5, 0.6) is 0 Å². The molecule has 102 valence electrons. The fraction of sp³-hybridized carbons (Fsp3) is 0.846. The molecular weight excluding hydrogens is 230 g/mol. The number of aromatic nitrogens is 2. The van der Waals surface area contributed by atoms with E-state index in [0.29, 0.717) is 11.8 Å². The summed E-state index contributed by atoms with van der Waals surface area (Å²) in [4.78, 5) is 4.39. The van der Waals surface area contributed by atoms with Crippen LogP contribution < -0.4 is 5.73 Å². The Morgan fingerprint density at radius 3 is 2.94 bits per heavy atom. The van der Waals surface area contributed by atoms with Gasteiger partial charge in [-0.05, 0) is 25.2 Å². The highest BCUT2D eigenvalue weighted by molar-refractivity contribution is 4.95. The van der Waals surface area contributed by atoms with Crippen LogP contribution in [-0.2, 0) is 11.2 Å². The van der Waals surface area contributed by atoms with Crippen molar-refractivity contribution in [2.45, 2.75) is 58.1 Å². The van der Waals surface area contributed by atoms with Gasteiger partial charge in [-0.3, -0.25) is 0 Å². The third kappa shape index (κ3) is 3.29. The van der Waals surface area contributed by atoms with Gasteiger partial charge in [0.05, 0.1) is 12.1 Å². The minimum absolute atomic E-state index is 0.163. The minimum atomic E-state index is -0.163. The summed E-state index contributed by atoms with van der Waals surface area (Å²) in [6.07, 6.45) is 5.45. The van der Waals surface area contributed by atoms with E-state index >= 15 is 0 Å². The van der Waals surface area contributed by atoms with E-state index in [4.69, 9.17) is 15.0 Å². The monoisotopic (exact) mass is 253 g/mol. The van der Waals surface area contributed by atoms with Gasteiger partial charge in [-0.15, -0.1) is 0 Å². The molecule has 1 aromatic rings. The second-order valence-electron chi connectivity index (χ2n) is 5.15. The molecule has 18 heavy (non-hydrogen) atoms. The molecule has 2 unspecified atom stereocenters. The van der Waals surface area contributed by atoms with E-state index in [-0.39, 0.29) is 12.1 Å². The van der Waals surface area contributed by atoms with E-state index < -0.39 is 0 Å². The van der Waals surface area contributed by atoms with Crippen molar-refractivity contribution < 1.29 is 9.26 Å². The smallest absolute Gasteiger partial charge is 0.243 e. The molecular formula is C13H23N3O2. The molecule has 0 aromatic carbocycles. The van der Waals surface area contributed by atoms with Gasteiger partial charge in [0.25, 0.3) is 0 Å². The van der Waals surface area contributed by atoms with Crippen LogP contribution in [-0.4, -0.2) is 22.9 Å². The van der Waals surface area contributed by atoms with Crippen molar-refractivity contribution in [1.82, 2.24) is 10.1 Å². The van der Waals surface area contributed by atoms with Crippen molar-refractivity contribution in [1.29, 1.82) is 0 Å². The molecule has 0 radical (unpaired) electrons. The number of nitrogens with zero attached hydrogens (tertiary/aromatic N) is 2. The van der Waals surface area contributed by atoms with Gasteiger partial charge >= 0.3 is 0 Å². The number of nitrogens with two attached hydrogens (primary N) is 1. The predicted octanol–water partition coefficient (Wildman–Crippen LogP) is 2.23. The lowest BCUT2D eigenvalue weighted by atomic mass is 10.0. The van der Waals surface area contributed by atoms with Gasteiger partial charge in [0.2, 0.25) is 5.89 Å². The molecule has 0 saturated carbocycles. The molecule has 1 aromatic heterocycles. The normalized spacial score (nSPS) is 23.8. The first-order chi connectivity index (χ1) is 8.70. The zero-order valence-corrected chi connectivity index (χ0v) is 11.3. The third-order valence-electron chi connectivity index (χ3n) is 3.71. The van der Waals surface area contributed by atoms with Crippen LogP contribution in [0.25, 0.3) is 0 Å². The van der Waals surface area contributed by atoms with Crippen molar-refractivity contribution in [3.63, 3.8) is 0 Å². The summed E-state index contributed by atoms with van der Waals surface area (Å²) in [5.41, 5.74) is 6.07. The van der Waals surface area contributed by atoms with Crippen molar-refractivity contribution in [3.8, 4) is 0 Å². The first-order valence-corrected chi connectivity index (χ1v) is 6.90. The SMILES string of the molecule is CCC(C)[C@H](N)c1nc(CC2CCCCO2)no1. The highest BCUT2D eigenvalue weighted by Crippen LogP contribution is 2.21. The predicted molar refractivity (Wildman–Crippen MR) is 68.0 cm³/mol. The maximum absolute atomic E-state index is 6.07. The highest BCUT2D eigenvalue weighted by Gasteiger charge is 2.22. The highest BCUT2D eigenvalue weighted by atomic mass is 16.5. The Morgan fingerprint density at radius 2 is 2.28 bits per heavy atom. The standard InChI is InChI=1S/C13H23N3O2/c1-3-9(2)12(14)13-15-11(16-18-13)8-10-6-4-5-7-17-10/h9-10,12H,3-8,14H2,1-2H3/t9?,10?,12-/m0/s1. The Bertz CT molecular complexity index is 361. The molecule has 1 aliphatic rings. The third-order valence-corrected chi connectivity index (χ3v) is 3.71. The minimum Gasteiger partial charge on any atom is -0.378 e. The summed E-state index contributed by atoms with van der Waals surface area (Å²) in [6.45, 7) is 5.05. The molecule has 0 bridgehead atoms. The average Bonchev–Trinajstić information content (AvgIpc) is 2.86. The Morgan fingerprint density at radius 1 is 1.44 bits per heavy atom. The second-order valence-corrected chi connectivity index (χ2v) is 5.15. The largest absolute Gasteiger partial charge is 0.378 e. The first kappa shape index (κ1) is 13.5. The molecule has 0 amide bonds. The second kappa shape index (κ2) is 6.29. The molecule has 2 N–H and O–H groups in total. The molecule has 2 rings (SSSR count). The number of hydrogen-bond acceptors (Lipinski definition) is 5. The fourth-order valence-electron chi connectivity index (χ4n) is 2.16. The van der Waals surface area contributed by atoms with Crippen LogP contribution in [0, 0.1) is 5.92 Å². The molecule has 0 aliphatic carbocycles. The van der Waals surface area contributed by atoms with Gasteiger partial charge in [-0.2, -0.15) is 4.98 Å². The summed E-state index contributed by atoms with van der Waals surface area (Å²) in [6, 6.07) is -0.163. The molecule has 0 spiro atoms. The fourth-order valence-corrected chi connectivity index (χ4v) is 2.16. The number of rotatable bonds is 5. The van der Waals surface area contributed by atoms with Crippen LogP contribution >= 0.6 is 0 Å². The maximum Gasteiger partial charge on any atom is 0.243 e. The van der Waals surface area contributed by atoms with E-state index in [1.165, 1.54) is 6.42 Å². The zero-order chi connectivity index (χ0) is 13.0. The van der Waals surface area contributed by atoms with Crippen molar-refractivity contribution in [2.75, 3.05) is 6.61 Å².